The van der Waals surface area contributed by atoms with Gasteiger partial charge >= 0.3 is 0 Å². The Morgan fingerprint density at radius 1 is 1.42 bits per heavy atom. The zero-order valence-electron chi connectivity index (χ0n) is 11.2. The number of nitrogens with zero attached hydrogens (tertiary/aromatic N) is 1. The van der Waals surface area contributed by atoms with Crippen LogP contribution in [-0.2, 0) is 0 Å². The molecule has 19 heavy (non-hydrogen) atoms. The molecule has 0 aliphatic heterocycles. The maximum Gasteiger partial charge on any atom is 0.256 e. The number of anilines is 1. The van der Waals surface area contributed by atoms with Crippen LogP contribution in [0.15, 0.2) is 12.1 Å². The Kier molecular flexibility index (Phi) is 5.60. The van der Waals surface area contributed by atoms with Crippen molar-refractivity contribution in [3.63, 3.8) is 0 Å². The summed E-state index contributed by atoms with van der Waals surface area (Å²) in [7, 11) is 1.60. The van der Waals surface area contributed by atoms with Crippen molar-refractivity contribution in [3.8, 4) is 0 Å². The Morgan fingerprint density at radius 2 is 2.05 bits per heavy atom. The van der Waals surface area contributed by atoms with Crippen LogP contribution >= 0.6 is 11.8 Å². The highest BCUT2D eigenvalue weighted by Crippen LogP contribution is 2.19. The molecule has 0 aliphatic rings. The summed E-state index contributed by atoms with van der Waals surface area (Å²) < 4.78 is 26.7. The van der Waals surface area contributed by atoms with Gasteiger partial charge in [0.25, 0.3) is 5.91 Å². The fourth-order valence-corrected chi connectivity index (χ4v) is 2.18. The van der Waals surface area contributed by atoms with Crippen LogP contribution in [0.3, 0.4) is 0 Å². The lowest BCUT2D eigenvalue weighted by molar-refractivity contribution is 0.0736. The summed E-state index contributed by atoms with van der Waals surface area (Å²) in [6, 6.07) is 1.67. The smallest absolute Gasteiger partial charge is 0.256 e. The molecule has 1 atom stereocenters. The summed E-state index contributed by atoms with van der Waals surface area (Å²) >= 11 is 1.68. The quantitative estimate of drug-likeness (QED) is 0.847. The average Bonchev–Trinajstić information content (AvgIpc) is 2.38. The number of amides is 1. The molecule has 0 heterocycles. The second kappa shape index (κ2) is 6.75. The predicted octanol–water partition coefficient (Wildman–Crippen LogP) is 2.76. The molecule has 1 aromatic rings. The van der Waals surface area contributed by atoms with Gasteiger partial charge in [-0.2, -0.15) is 11.8 Å². The second-order valence-electron chi connectivity index (χ2n) is 4.40. The molecule has 1 aromatic carbocycles. The van der Waals surface area contributed by atoms with E-state index in [-0.39, 0.29) is 17.3 Å². The molecule has 0 radical (unpaired) electrons. The van der Waals surface area contributed by atoms with Crippen molar-refractivity contribution in [2.45, 2.75) is 19.4 Å². The Bertz CT molecular complexity index is 468. The number of carbonyl (C=O) groups is 1. The maximum absolute atomic E-state index is 13.6. The zero-order valence-corrected chi connectivity index (χ0v) is 12.1. The molecule has 1 amide bonds. The Labute approximate surface area is 116 Å². The van der Waals surface area contributed by atoms with E-state index in [2.05, 4.69) is 0 Å². The number of carbonyl (C=O) groups excluding carboxylic acids is 1. The summed E-state index contributed by atoms with van der Waals surface area (Å²) in [6.07, 6.45) is 2.79. The molecule has 2 N–H and O–H groups in total. The van der Waals surface area contributed by atoms with E-state index in [1.807, 2.05) is 13.2 Å². The molecule has 3 nitrogen and oxygen atoms in total. The van der Waals surface area contributed by atoms with Crippen LogP contribution in [0.4, 0.5) is 14.5 Å². The van der Waals surface area contributed by atoms with Crippen molar-refractivity contribution < 1.29 is 13.6 Å². The van der Waals surface area contributed by atoms with Gasteiger partial charge in [-0.15, -0.1) is 0 Å². The van der Waals surface area contributed by atoms with E-state index in [4.69, 9.17) is 5.73 Å². The topological polar surface area (TPSA) is 46.3 Å². The SMILES string of the molecule is CSCCC(C)N(C)C(=O)c1cc(N)c(F)cc1F. The molecule has 1 unspecified atom stereocenters. The van der Waals surface area contributed by atoms with Gasteiger partial charge in [-0.25, -0.2) is 8.78 Å². The Hall–Kier alpha value is -1.30. The summed E-state index contributed by atoms with van der Waals surface area (Å²) in [5.74, 6) is -1.32. The van der Waals surface area contributed by atoms with Crippen molar-refractivity contribution in [2.75, 3.05) is 24.8 Å². The fraction of sp³-hybridized carbons (Fsp3) is 0.462. The molecule has 0 saturated heterocycles. The molecule has 0 aromatic heterocycles. The third kappa shape index (κ3) is 3.83. The van der Waals surface area contributed by atoms with Gasteiger partial charge in [0.1, 0.15) is 11.6 Å². The molecule has 0 aliphatic carbocycles. The minimum atomic E-state index is -0.888. The number of hydrogen-bond acceptors (Lipinski definition) is 3. The van der Waals surface area contributed by atoms with Crippen molar-refractivity contribution in [1.82, 2.24) is 4.90 Å². The van der Waals surface area contributed by atoms with E-state index in [0.29, 0.717) is 6.07 Å². The van der Waals surface area contributed by atoms with Crippen LogP contribution in [0.25, 0.3) is 0 Å². The van der Waals surface area contributed by atoms with E-state index in [0.717, 1.165) is 18.2 Å². The van der Waals surface area contributed by atoms with Gasteiger partial charge in [-0.05, 0) is 31.4 Å². The molecule has 0 fully saturated rings. The van der Waals surface area contributed by atoms with Gasteiger partial charge < -0.3 is 10.6 Å². The first-order valence-electron chi connectivity index (χ1n) is 5.89. The van der Waals surface area contributed by atoms with Crippen LogP contribution < -0.4 is 5.73 Å². The van der Waals surface area contributed by atoms with E-state index < -0.39 is 17.5 Å². The van der Waals surface area contributed by atoms with E-state index >= 15 is 0 Å². The largest absolute Gasteiger partial charge is 0.396 e. The highest BCUT2D eigenvalue weighted by molar-refractivity contribution is 7.98. The number of nitrogens with two attached hydrogens (primary N) is 1. The summed E-state index contributed by atoms with van der Waals surface area (Å²) in [5.41, 5.74) is 4.94. The fourth-order valence-electron chi connectivity index (χ4n) is 1.60. The van der Waals surface area contributed by atoms with Crippen molar-refractivity contribution in [2.24, 2.45) is 0 Å². The number of halogens is 2. The summed E-state index contributed by atoms with van der Waals surface area (Å²) in [6.45, 7) is 1.89. The lowest BCUT2D eigenvalue weighted by Crippen LogP contribution is -2.36. The monoisotopic (exact) mass is 288 g/mol. The number of thioether (sulfide) groups is 1. The van der Waals surface area contributed by atoms with E-state index in [1.54, 1.807) is 18.8 Å². The standard InChI is InChI=1S/C13H18F2N2OS/c1-8(4-5-19-3)17(2)13(18)9-6-12(16)11(15)7-10(9)14/h6-8H,4-5,16H2,1-3H3. The minimum absolute atomic E-state index is 0.0226. The third-order valence-corrected chi connectivity index (χ3v) is 3.68. The third-order valence-electron chi connectivity index (χ3n) is 3.04. The number of rotatable bonds is 5. The van der Waals surface area contributed by atoms with Gasteiger partial charge in [0.05, 0.1) is 11.3 Å². The number of nitrogen functional groups attached to an aromatic ring is 1. The minimum Gasteiger partial charge on any atom is -0.396 e. The normalized spacial score (nSPS) is 12.3. The van der Waals surface area contributed by atoms with Crippen LogP contribution in [0.1, 0.15) is 23.7 Å². The maximum atomic E-state index is 13.6. The lowest BCUT2D eigenvalue weighted by Gasteiger charge is -2.25. The Balaban J connectivity index is 2.91. The molecule has 0 saturated carbocycles. The van der Waals surface area contributed by atoms with Gasteiger partial charge in [0.15, 0.2) is 0 Å². The predicted molar refractivity (Wildman–Crippen MR) is 75.3 cm³/mol. The highest BCUT2D eigenvalue weighted by atomic mass is 32.2. The van der Waals surface area contributed by atoms with Crippen molar-refractivity contribution >= 4 is 23.4 Å². The first-order chi connectivity index (χ1) is 8.88. The summed E-state index contributed by atoms with van der Waals surface area (Å²) in [5, 5.41) is 0. The molecule has 0 spiro atoms. The average molecular weight is 288 g/mol. The molecule has 6 heteroatoms. The van der Waals surface area contributed by atoms with Gasteiger partial charge in [0.2, 0.25) is 0 Å². The van der Waals surface area contributed by atoms with Gasteiger partial charge in [-0.3, -0.25) is 4.79 Å². The van der Waals surface area contributed by atoms with Crippen LogP contribution in [0, 0.1) is 11.6 Å². The Morgan fingerprint density at radius 3 is 2.63 bits per heavy atom. The first-order valence-corrected chi connectivity index (χ1v) is 7.28. The second-order valence-corrected chi connectivity index (χ2v) is 5.39. The van der Waals surface area contributed by atoms with Crippen LogP contribution in [0.2, 0.25) is 0 Å². The number of benzene rings is 1. The van der Waals surface area contributed by atoms with E-state index in [1.165, 1.54) is 4.90 Å². The van der Waals surface area contributed by atoms with Gasteiger partial charge in [0, 0.05) is 19.2 Å². The molecule has 0 bridgehead atoms. The van der Waals surface area contributed by atoms with Crippen LogP contribution in [-0.4, -0.2) is 35.9 Å². The van der Waals surface area contributed by atoms with Crippen molar-refractivity contribution in [1.29, 1.82) is 0 Å². The molecular weight excluding hydrogens is 270 g/mol. The first kappa shape index (κ1) is 15.8. The lowest BCUT2D eigenvalue weighted by atomic mass is 10.1. The zero-order chi connectivity index (χ0) is 14.6. The van der Waals surface area contributed by atoms with Gasteiger partial charge in [-0.1, -0.05) is 0 Å². The van der Waals surface area contributed by atoms with E-state index in [9.17, 15) is 13.6 Å². The number of hydrogen-bond donors (Lipinski definition) is 1. The summed E-state index contributed by atoms with van der Waals surface area (Å²) in [4.78, 5) is 13.6. The molecule has 1 rings (SSSR count). The molecular formula is C13H18F2N2OS. The van der Waals surface area contributed by atoms with Crippen molar-refractivity contribution in [3.05, 3.63) is 29.3 Å². The highest BCUT2D eigenvalue weighted by Gasteiger charge is 2.21. The molecule has 106 valence electrons. The van der Waals surface area contributed by atoms with Crippen LogP contribution in [0.5, 0.6) is 0 Å².